The highest BCUT2D eigenvalue weighted by atomic mass is 16.3. The highest BCUT2D eigenvalue weighted by molar-refractivity contribution is 5.86. The van der Waals surface area contributed by atoms with Gasteiger partial charge in [0.05, 0.1) is 11.5 Å². The SMILES string of the molecule is CC1CCC2(O)C(C1=O)C(C)(C)CC1CC12C. The van der Waals surface area contributed by atoms with Gasteiger partial charge in [-0.25, -0.2) is 0 Å². The largest absolute Gasteiger partial charge is 0.389 e. The Labute approximate surface area is 104 Å². The average Bonchev–Trinajstić information content (AvgIpc) is 2.84. The van der Waals surface area contributed by atoms with E-state index in [0.29, 0.717) is 11.7 Å². The van der Waals surface area contributed by atoms with Gasteiger partial charge in [0.15, 0.2) is 0 Å². The maximum absolute atomic E-state index is 12.5. The fourth-order valence-corrected chi connectivity index (χ4v) is 4.92. The van der Waals surface area contributed by atoms with Crippen molar-refractivity contribution in [2.75, 3.05) is 0 Å². The number of hydrogen-bond donors (Lipinski definition) is 1. The van der Waals surface area contributed by atoms with E-state index in [2.05, 4.69) is 20.8 Å². The molecule has 0 saturated heterocycles. The van der Waals surface area contributed by atoms with Gasteiger partial charge in [0.25, 0.3) is 0 Å². The average molecular weight is 236 g/mol. The zero-order chi connectivity index (χ0) is 12.6. The Morgan fingerprint density at radius 3 is 2.53 bits per heavy atom. The van der Waals surface area contributed by atoms with E-state index in [-0.39, 0.29) is 22.7 Å². The van der Waals surface area contributed by atoms with Gasteiger partial charge in [-0.2, -0.15) is 0 Å². The number of fused-ring (bicyclic) bond motifs is 3. The number of Topliss-reactive ketones (excluding diaryl/α,β-unsaturated/α-hetero) is 1. The molecule has 0 radical (unpaired) electrons. The number of carbonyl (C=O) groups is 1. The van der Waals surface area contributed by atoms with Crippen molar-refractivity contribution in [1.29, 1.82) is 0 Å². The van der Waals surface area contributed by atoms with Gasteiger partial charge in [-0.05, 0) is 37.0 Å². The fourth-order valence-electron chi connectivity index (χ4n) is 4.92. The van der Waals surface area contributed by atoms with Crippen LogP contribution >= 0.6 is 0 Å². The second-order valence-electron chi connectivity index (χ2n) is 7.71. The predicted molar refractivity (Wildman–Crippen MR) is 66.5 cm³/mol. The zero-order valence-electron chi connectivity index (χ0n) is 11.4. The van der Waals surface area contributed by atoms with Crippen molar-refractivity contribution >= 4 is 5.78 Å². The number of carbonyl (C=O) groups excluding carboxylic acids is 1. The van der Waals surface area contributed by atoms with E-state index in [0.717, 1.165) is 25.7 Å². The van der Waals surface area contributed by atoms with Crippen LogP contribution in [0.4, 0.5) is 0 Å². The smallest absolute Gasteiger partial charge is 0.142 e. The highest BCUT2D eigenvalue weighted by Gasteiger charge is 2.73. The lowest BCUT2D eigenvalue weighted by Crippen LogP contribution is -2.61. The Hall–Kier alpha value is -0.370. The van der Waals surface area contributed by atoms with Gasteiger partial charge >= 0.3 is 0 Å². The molecule has 0 aromatic rings. The molecular weight excluding hydrogens is 212 g/mol. The van der Waals surface area contributed by atoms with E-state index in [1.54, 1.807) is 0 Å². The maximum atomic E-state index is 12.5. The molecular formula is C15H24O2. The summed E-state index contributed by atoms with van der Waals surface area (Å²) in [6.45, 7) is 8.58. The lowest BCUT2D eigenvalue weighted by molar-refractivity contribution is -0.183. The molecule has 0 aromatic carbocycles. The van der Waals surface area contributed by atoms with Gasteiger partial charge in [0.1, 0.15) is 5.78 Å². The van der Waals surface area contributed by atoms with Crippen LogP contribution in [0.1, 0.15) is 53.4 Å². The Morgan fingerprint density at radius 1 is 1.24 bits per heavy atom. The topological polar surface area (TPSA) is 37.3 Å². The lowest BCUT2D eigenvalue weighted by Gasteiger charge is -2.55. The lowest BCUT2D eigenvalue weighted by atomic mass is 9.51. The van der Waals surface area contributed by atoms with Gasteiger partial charge in [0, 0.05) is 11.3 Å². The number of hydrogen-bond acceptors (Lipinski definition) is 2. The van der Waals surface area contributed by atoms with Gasteiger partial charge in [-0.15, -0.1) is 0 Å². The van der Waals surface area contributed by atoms with Gasteiger partial charge in [-0.1, -0.05) is 27.7 Å². The summed E-state index contributed by atoms with van der Waals surface area (Å²) in [5.74, 6) is 0.955. The maximum Gasteiger partial charge on any atom is 0.142 e. The Balaban J connectivity index is 2.08. The third-order valence-electron chi connectivity index (χ3n) is 6.16. The molecule has 0 bridgehead atoms. The molecule has 0 aromatic heterocycles. The number of rotatable bonds is 0. The summed E-state index contributed by atoms with van der Waals surface area (Å²) < 4.78 is 0. The second-order valence-corrected chi connectivity index (χ2v) is 7.71. The van der Waals surface area contributed by atoms with Crippen LogP contribution in [0.15, 0.2) is 0 Å². The summed E-state index contributed by atoms with van der Waals surface area (Å²) in [7, 11) is 0. The van der Waals surface area contributed by atoms with E-state index >= 15 is 0 Å². The highest BCUT2D eigenvalue weighted by Crippen LogP contribution is 2.73. The summed E-state index contributed by atoms with van der Waals surface area (Å²) >= 11 is 0. The van der Waals surface area contributed by atoms with Gasteiger partial charge in [-0.3, -0.25) is 4.79 Å². The minimum atomic E-state index is -0.719. The minimum Gasteiger partial charge on any atom is -0.389 e. The standard InChI is InChI=1S/C15H24O2/c1-9-5-6-15(17)12(11(9)16)13(2,3)7-10-8-14(10,15)4/h9-10,12,17H,5-8H2,1-4H3. The molecule has 0 spiro atoms. The summed E-state index contributed by atoms with van der Waals surface area (Å²) in [6, 6.07) is 0. The molecule has 96 valence electrons. The molecule has 2 nitrogen and oxygen atoms in total. The van der Waals surface area contributed by atoms with E-state index in [9.17, 15) is 9.90 Å². The van der Waals surface area contributed by atoms with Crippen LogP contribution in [0.2, 0.25) is 0 Å². The van der Waals surface area contributed by atoms with Crippen LogP contribution in [0.25, 0.3) is 0 Å². The van der Waals surface area contributed by atoms with Crippen LogP contribution in [0, 0.1) is 28.6 Å². The number of ketones is 1. The molecule has 5 unspecified atom stereocenters. The third-order valence-corrected chi connectivity index (χ3v) is 6.16. The van der Waals surface area contributed by atoms with Crippen LogP contribution in [0.5, 0.6) is 0 Å². The van der Waals surface area contributed by atoms with Crippen molar-refractivity contribution in [1.82, 2.24) is 0 Å². The Morgan fingerprint density at radius 2 is 1.88 bits per heavy atom. The first-order valence-electron chi connectivity index (χ1n) is 6.98. The van der Waals surface area contributed by atoms with Gasteiger partial charge < -0.3 is 5.11 Å². The van der Waals surface area contributed by atoms with Crippen LogP contribution in [-0.4, -0.2) is 16.5 Å². The first-order valence-corrected chi connectivity index (χ1v) is 6.98. The summed E-state index contributed by atoms with van der Waals surface area (Å²) in [5.41, 5.74) is -0.715. The second kappa shape index (κ2) is 2.96. The van der Waals surface area contributed by atoms with Crippen molar-refractivity contribution in [2.24, 2.45) is 28.6 Å². The summed E-state index contributed by atoms with van der Waals surface area (Å²) in [5, 5.41) is 11.2. The molecule has 3 aliphatic rings. The van der Waals surface area contributed by atoms with Crippen molar-refractivity contribution in [2.45, 2.75) is 59.0 Å². The van der Waals surface area contributed by atoms with Crippen molar-refractivity contribution in [3.63, 3.8) is 0 Å². The zero-order valence-corrected chi connectivity index (χ0v) is 11.4. The minimum absolute atomic E-state index is 0.0266. The van der Waals surface area contributed by atoms with E-state index in [4.69, 9.17) is 0 Å². The first kappa shape index (κ1) is 11.7. The molecule has 0 amide bonds. The summed E-state index contributed by atoms with van der Waals surface area (Å²) in [6.07, 6.45) is 3.91. The quantitative estimate of drug-likeness (QED) is 0.702. The molecule has 3 fully saturated rings. The normalized spacial score (nSPS) is 56.1. The summed E-state index contributed by atoms with van der Waals surface area (Å²) in [4.78, 5) is 12.5. The molecule has 3 rings (SSSR count). The molecule has 17 heavy (non-hydrogen) atoms. The first-order chi connectivity index (χ1) is 7.72. The van der Waals surface area contributed by atoms with Crippen molar-refractivity contribution in [3.8, 4) is 0 Å². The molecule has 2 heteroatoms. The van der Waals surface area contributed by atoms with E-state index < -0.39 is 5.60 Å². The van der Waals surface area contributed by atoms with Crippen molar-refractivity contribution < 1.29 is 9.90 Å². The third kappa shape index (κ3) is 1.23. The van der Waals surface area contributed by atoms with Crippen LogP contribution < -0.4 is 0 Å². The Kier molecular flexibility index (Phi) is 2.04. The monoisotopic (exact) mass is 236 g/mol. The van der Waals surface area contributed by atoms with Crippen LogP contribution in [-0.2, 0) is 4.79 Å². The van der Waals surface area contributed by atoms with E-state index in [1.165, 1.54) is 0 Å². The molecule has 1 N–H and O–H groups in total. The predicted octanol–water partition coefficient (Wildman–Crippen LogP) is 2.79. The fraction of sp³-hybridized carbons (Fsp3) is 0.933. The van der Waals surface area contributed by atoms with Gasteiger partial charge in [0.2, 0.25) is 0 Å². The van der Waals surface area contributed by atoms with Crippen LogP contribution in [0.3, 0.4) is 0 Å². The molecule has 5 atom stereocenters. The molecule has 0 heterocycles. The van der Waals surface area contributed by atoms with Crippen molar-refractivity contribution in [3.05, 3.63) is 0 Å². The molecule has 0 aliphatic heterocycles. The number of aliphatic hydroxyl groups is 1. The molecule has 3 saturated carbocycles. The Bertz CT molecular complexity index is 386. The van der Waals surface area contributed by atoms with E-state index in [1.807, 2.05) is 6.92 Å². The molecule has 3 aliphatic carbocycles.